The minimum Gasteiger partial charge on any atom is -0.210 e. The molecular weight excluding hydrogens is 240 g/mol. The predicted molar refractivity (Wildman–Crippen MR) is 85.1 cm³/mol. The van der Waals surface area contributed by atoms with Gasteiger partial charge in [0, 0.05) is 0 Å². The number of fused-ring (bicyclic) bond motifs is 1. The fourth-order valence-corrected chi connectivity index (χ4v) is 4.51. The summed E-state index contributed by atoms with van der Waals surface area (Å²) in [5.41, 5.74) is 8.52. The van der Waals surface area contributed by atoms with Crippen LogP contribution in [0.15, 0.2) is 35.4 Å². The Morgan fingerprint density at radius 2 is 1.95 bits per heavy atom. The van der Waals surface area contributed by atoms with E-state index in [1.54, 1.807) is 27.8 Å². The van der Waals surface area contributed by atoms with Crippen LogP contribution in [0.25, 0.3) is 0 Å². The molecule has 0 bridgehead atoms. The Morgan fingerprint density at radius 1 is 1.05 bits per heavy atom. The molecule has 0 fully saturated rings. The third-order valence-electron chi connectivity index (χ3n) is 5.64. The molecule has 0 saturated heterocycles. The Labute approximate surface area is 122 Å². The van der Waals surface area contributed by atoms with E-state index in [2.05, 4.69) is 24.3 Å². The van der Waals surface area contributed by atoms with E-state index in [0.717, 1.165) is 5.92 Å². The van der Waals surface area contributed by atoms with Crippen LogP contribution >= 0.6 is 0 Å². The van der Waals surface area contributed by atoms with Gasteiger partial charge in [0.15, 0.2) is 0 Å². The Morgan fingerprint density at radius 3 is 2.95 bits per heavy atom. The minimum absolute atomic E-state index is 0.763. The molecule has 1 aromatic rings. The van der Waals surface area contributed by atoms with Crippen LogP contribution in [-0.2, 0) is 19.3 Å². The molecule has 1 atom stereocenters. The van der Waals surface area contributed by atoms with Gasteiger partial charge >= 0.3 is 0 Å². The molecule has 0 saturated carbocycles. The lowest BCUT2D eigenvalue weighted by Gasteiger charge is -2.23. The fraction of sp³-hybridized carbons (Fsp3) is 0.550. The molecule has 0 aliphatic heterocycles. The molecule has 1 aromatic carbocycles. The molecule has 0 aromatic heterocycles. The van der Waals surface area contributed by atoms with E-state index in [1.165, 1.54) is 64.2 Å². The number of rotatable bonds is 3. The summed E-state index contributed by atoms with van der Waals surface area (Å²) >= 11 is 0. The maximum atomic E-state index is 2.49. The Bertz CT molecular complexity index is 553. The summed E-state index contributed by atoms with van der Waals surface area (Å²) in [5, 5.41) is 0. The van der Waals surface area contributed by atoms with Crippen molar-refractivity contribution in [3.63, 3.8) is 0 Å². The summed E-state index contributed by atoms with van der Waals surface area (Å²) < 4.78 is 0. The van der Waals surface area contributed by atoms with E-state index in [0.29, 0.717) is 0 Å². The molecule has 0 amide bonds. The quantitative estimate of drug-likeness (QED) is 0.653. The molecule has 4 rings (SSSR count). The summed E-state index contributed by atoms with van der Waals surface area (Å²) in [4.78, 5) is 0. The van der Waals surface area contributed by atoms with Crippen LogP contribution in [0.4, 0.5) is 0 Å². The highest BCUT2D eigenvalue weighted by molar-refractivity contribution is 5.41. The van der Waals surface area contributed by atoms with E-state index >= 15 is 0 Å². The molecule has 3 aliphatic rings. The van der Waals surface area contributed by atoms with Gasteiger partial charge in [0.05, 0.1) is 0 Å². The van der Waals surface area contributed by atoms with E-state index < -0.39 is 0 Å². The van der Waals surface area contributed by atoms with Crippen LogP contribution in [0.2, 0.25) is 0 Å². The van der Waals surface area contributed by atoms with Gasteiger partial charge in [-0.25, -0.2) is 6.07 Å². The average Bonchev–Trinajstić information content (AvgIpc) is 3.09. The standard InChI is InChI=1S/C20H25/c1-3-7-19-15(5-1)9-11-17(19)13-14-18-12-10-16-6-2-4-8-20(16)18/h9-12,17H,1-8,13-14H2/q-1. The van der Waals surface area contributed by atoms with Gasteiger partial charge < -0.3 is 0 Å². The first-order valence-electron chi connectivity index (χ1n) is 8.58. The van der Waals surface area contributed by atoms with Gasteiger partial charge in [0.1, 0.15) is 0 Å². The van der Waals surface area contributed by atoms with Crippen LogP contribution in [0.5, 0.6) is 0 Å². The molecule has 0 nitrogen and oxygen atoms in total. The van der Waals surface area contributed by atoms with E-state index in [9.17, 15) is 0 Å². The molecule has 1 unspecified atom stereocenters. The first-order chi connectivity index (χ1) is 9.92. The van der Waals surface area contributed by atoms with Crippen molar-refractivity contribution in [1.29, 1.82) is 0 Å². The molecule has 0 spiro atoms. The minimum atomic E-state index is 0.763. The zero-order chi connectivity index (χ0) is 13.4. The summed E-state index contributed by atoms with van der Waals surface area (Å²) in [6.45, 7) is 0. The number of allylic oxidation sites excluding steroid dienone is 4. The van der Waals surface area contributed by atoms with Crippen LogP contribution < -0.4 is 0 Å². The largest absolute Gasteiger partial charge is 0.210 e. The molecule has 0 radical (unpaired) electrons. The van der Waals surface area contributed by atoms with Gasteiger partial charge in [0.2, 0.25) is 0 Å². The Balaban J connectivity index is 1.45. The fourth-order valence-electron chi connectivity index (χ4n) is 4.51. The first-order valence-corrected chi connectivity index (χ1v) is 8.58. The van der Waals surface area contributed by atoms with Crippen molar-refractivity contribution in [3.8, 4) is 0 Å². The second-order valence-electron chi connectivity index (χ2n) is 6.83. The lowest BCUT2D eigenvalue weighted by atomic mass is 9.85. The van der Waals surface area contributed by atoms with E-state index in [1.807, 2.05) is 0 Å². The van der Waals surface area contributed by atoms with Crippen LogP contribution in [-0.4, -0.2) is 0 Å². The van der Waals surface area contributed by atoms with E-state index in [-0.39, 0.29) is 0 Å². The average molecular weight is 265 g/mol. The number of aryl methyl sites for hydroxylation is 2. The van der Waals surface area contributed by atoms with Crippen molar-refractivity contribution in [1.82, 2.24) is 0 Å². The van der Waals surface area contributed by atoms with Crippen molar-refractivity contribution in [2.75, 3.05) is 0 Å². The van der Waals surface area contributed by atoms with Gasteiger partial charge in [-0.2, -0.15) is 22.8 Å². The van der Waals surface area contributed by atoms with Crippen molar-refractivity contribution in [2.24, 2.45) is 5.92 Å². The summed E-state index contributed by atoms with van der Waals surface area (Å²) in [6, 6.07) is 4.82. The summed E-state index contributed by atoms with van der Waals surface area (Å²) in [6.07, 6.45) is 18.6. The van der Waals surface area contributed by atoms with Crippen molar-refractivity contribution >= 4 is 0 Å². The van der Waals surface area contributed by atoms with Gasteiger partial charge in [-0.05, 0) is 37.2 Å². The maximum absolute atomic E-state index is 2.49. The van der Waals surface area contributed by atoms with E-state index in [4.69, 9.17) is 0 Å². The summed E-state index contributed by atoms with van der Waals surface area (Å²) in [7, 11) is 0. The zero-order valence-corrected chi connectivity index (χ0v) is 12.5. The number of hydrogen-bond donors (Lipinski definition) is 0. The molecular formula is C20H25-. The van der Waals surface area contributed by atoms with Crippen molar-refractivity contribution in [2.45, 2.75) is 64.2 Å². The maximum Gasteiger partial charge on any atom is -0.00211 e. The smallest absolute Gasteiger partial charge is 0.00211 e. The third-order valence-corrected chi connectivity index (χ3v) is 5.64. The van der Waals surface area contributed by atoms with Crippen LogP contribution in [0.1, 0.15) is 61.6 Å². The van der Waals surface area contributed by atoms with Gasteiger partial charge in [-0.3, -0.25) is 0 Å². The lowest BCUT2D eigenvalue weighted by molar-refractivity contribution is 0.592. The molecule has 3 aliphatic carbocycles. The molecule has 20 heavy (non-hydrogen) atoms. The van der Waals surface area contributed by atoms with Crippen molar-refractivity contribution < 1.29 is 0 Å². The van der Waals surface area contributed by atoms with Crippen LogP contribution in [0, 0.1) is 5.92 Å². The van der Waals surface area contributed by atoms with Gasteiger partial charge in [-0.1, -0.05) is 56.3 Å². The van der Waals surface area contributed by atoms with Gasteiger partial charge in [0.25, 0.3) is 0 Å². The highest BCUT2D eigenvalue weighted by atomic mass is 14.3. The third kappa shape index (κ3) is 2.20. The lowest BCUT2D eigenvalue weighted by Crippen LogP contribution is -2.06. The Kier molecular flexibility index (Phi) is 3.34. The number of hydrogen-bond acceptors (Lipinski definition) is 0. The monoisotopic (exact) mass is 265 g/mol. The van der Waals surface area contributed by atoms with Gasteiger partial charge in [-0.15, -0.1) is 0 Å². The topological polar surface area (TPSA) is 0 Å². The second-order valence-corrected chi connectivity index (χ2v) is 6.83. The Hall–Kier alpha value is -1.17. The second kappa shape index (κ2) is 5.31. The zero-order valence-electron chi connectivity index (χ0n) is 12.5. The van der Waals surface area contributed by atoms with Crippen molar-refractivity contribution in [3.05, 3.63) is 52.1 Å². The molecule has 106 valence electrons. The first kappa shape index (κ1) is 12.6. The molecule has 0 heteroatoms. The SMILES string of the molecule is C1=CC(CCc2cc[c-]3c2CCCC3)C2=C1CCCC2. The van der Waals surface area contributed by atoms with Crippen LogP contribution in [0.3, 0.4) is 0 Å². The highest BCUT2D eigenvalue weighted by Crippen LogP contribution is 2.38. The highest BCUT2D eigenvalue weighted by Gasteiger charge is 2.22. The molecule has 0 heterocycles. The molecule has 0 N–H and O–H groups in total. The normalized spacial score (nSPS) is 24.9. The predicted octanol–water partition coefficient (Wildman–Crippen LogP) is 5.27. The summed E-state index contributed by atoms with van der Waals surface area (Å²) in [5.74, 6) is 0.763.